The maximum Gasteiger partial charge on any atom is 0.266 e. The second-order valence-electron chi connectivity index (χ2n) is 5.98. The van der Waals surface area contributed by atoms with Crippen LogP contribution >= 0.6 is 27.7 Å². The van der Waals surface area contributed by atoms with E-state index in [9.17, 15) is 4.79 Å². The lowest BCUT2D eigenvalue weighted by Crippen LogP contribution is -2.28. The number of hydrogen-bond donors (Lipinski definition) is 0. The Morgan fingerprint density at radius 1 is 1.07 bits per heavy atom. The topological polar surface area (TPSA) is 60.4 Å². The number of rotatable bonds is 6. The standard InChI is InChI=1S/C21H21BrN2O4S/c1-5-24-20(25)19(11-13-10-16(22)18(28-4)12-17(13)27-3)29-21(24)23-14-6-8-15(26-2)9-7-14/h6-12H,5H2,1-4H3/b19-11+,23-21?. The summed E-state index contributed by atoms with van der Waals surface area (Å²) in [6.07, 6.45) is 1.81. The minimum absolute atomic E-state index is 0.0845. The molecule has 1 saturated heterocycles. The normalized spacial score (nSPS) is 16.6. The highest BCUT2D eigenvalue weighted by Crippen LogP contribution is 2.38. The second-order valence-corrected chi connectivity index (χ2v) is 7.84. The zero-order valence-electron chi connectivity index (χ0n) is 16.6. The van der Waals surface area contributed by atoms with Crippen molar-refractivity contribution in [3.8, 4) is 17.2 Å². The third-order valence-corrected chi connectivity index (χ3v) is 5.92. The number of methoxy groups -OCH3 is 3. The first kappa shape index (κ1) is 21.3. The van der Waals surface area contributed by atoms with Gasteiger partial charge < -0.3 is 14.2 Å². The maximum absolute atomic E-state index is 12.9. The number of amidine groups is 1. The van der Waals surface area contributed by atoms with Crippen LogP contribution in [0.2, 0.25) is 0 Å². The molecule has 0 radical (unpaired) electrons. The molecule has 0 atom stereocenters. The monoisotopic (exact) mass is 476 g/mol. The molecule has 1 fully saturated rings. The van der Waals surface area contributed by atoms with Gasteiger partial charge in [-0.25, -0.2) is 4.99 Å². The van der Waals surface area contributed by atoms with E-state index in [0.29, 0.717) is 28.1 Å². The first-order chi connectivity index (χ1) is 14.0. The van der Waals surface area contributed by atoms with Crippen LogP contribution in [0.15, 0.2) is 50.8 Å². The van der Waals surface area contributed by atoms with Crippen molar-refractivity contribution in [3.05, 3.63) is 51.3 Å². The average molecular weight is 477 g/mol. The molecule has 0 N–H and O–H groups in total. The van der Waals surface area contributed by atoms with E-state index < -0.39 is 0 Å². The summed E-state index contributed by atoms with van der Waals surface area (Å²) in [5.74, 6) is 1.95. The molecule has 1 aliphatic rings. The summed E-state index contributed by atoms with van der Waals surface area (Å²) in [7, 11) is 4.80. The summed E-state index contributed by atoms with van der Waals surface area (Å²) in [6, 6.07) is 11.0. The van der Waals surface area contributed by atoms with Crippen molar-refractivity contribution >= 4 is 50.5 Å². The molecule has 1 amide bonds. The number of amides is 1. The smallest absolute Gasteiger partial charge is 0.266 e. The fourth-order valence-electron chi connectivity index (χ4n) is 2.77. The lowest BCUT2D eigenvalue weighted by molar-refractivity contribution is -0.122. The van der Waals surface area contributed by atoms with Gasteiger partial charge in [0.1, 0.15) is 17.2 Å². The molecule has 0 spiro atoms. The summed E-state index contributed by atoms with van der Waals surface area (Å²) < 4.78 is 16.7. The second kappa shape index (κ2) is 9.37. The van der Waals surface area contributed by atoms with Crippen molar-refractivity contribution in [2.75, 3.05) is 27.9 Å². The Morgan fingerprint density at radius 2 is 1.76 bits per heavy atom. The maximum atomic E-state index is 12.9. The van der Waals surface area contributed by atoms with Crippen LogP contribution in [0.25, 0.3) is 6.08 Å². The Bertz CT molecular complexity index is 973. The number of hydrogen-bond acceptors (Lipinski definition) is 6. The molecule has 6 nitrogen and oxygen atoms in total. The third kappa shape index (κ3) is 4.59. The Morgan fingerprint density at radius 3 is 2.34 bits per heavy atom. The van der Waals surface area contributed by atoms with Crippen molar-refractivity contribution < 1.29 is 19.0 Å². The Hall–Kier alpha value is -2.45. The van der Waals surface area contributed by atoms with Crippen molar-refractivity contribution in [1.29, 1.82) is 0 Å². The van der Waals surface area contributed by atoms with Crippen LogP contribution in [0.5, 0.6) is 17.2 Å². The largest absolute Gasteiger partial charge is 0.497 e. The predicted molar refractivity (Wildman–Crippen MR) is 120 cm³/mol. The fraction of sp³-hybridized carbons (Fsp3) is 0.238. The molecule has 3 rings (SSSR count). The van der Waals surface area contributed by atoms with Crippen molar-refractivity contribution in [2.45, 2.75) is 6.92 Å². The quantitative estimate of drug-likeness (QED) is 0.542. The summed E-state index contributed by atoms with van der Waals surface area (Å²) >= 11 is 4.82. The van der Waals surface area contributed by atoms with Crippen LogP contribution in [0.3, 0.4) is 0 Å². The number of carbonyl (C=O) groups excluding carboxylic acids is 1. The van der Waals surface area contributed by atoms with Gasteiger partial charge in [-0.1, -0.05) is 0 Å². The van der Waals surface area contributed by atoms with Crippen LogP contribution in [0.4, 0.5) is 5.69 Å². The molecule has 152 valence electrons. The summed E-state index contributed by atoms with van der Waals surface area (Å²) in [5, 5.41) is 0.639. The summed E-state index contributed by atoms with van der Waals surface area (Å²) in [6.45, 7) is 2.46. The lowest BCUT2D eigenvalue weighted by Gasteiger charge is -2.12. The average Bonchev–Trinajstić information content (AvgIpc) is 3.02. The van der Waals surface area contributed by atoms with Gasteiger partial charge >= 0.3 is 0 Å². The van der Waals surface area contributed by atoms with E-state index in [1.807, 2.05) is 43.3 Å². The van der Waals surface area contributed by atoms with Gasteiger partial charge in [-0.3, -0.25) is 9.69 Å². The van der Waals surface area contributed by atoms with Gasteiger partial charge in [-0.15, -0.1) is 0 Å². The van der Waals surface area contributed by atoms with Crippen LogP contribution < -0.4 is 14.2 Å². The van der Waals surface area contributed by atoms with Gasteiger partial charge in [0.15, 0.2) is 5.17 Å². The van der Waals surface area contributed by atoms with Crippen molar-refractivity contribution in [3.63, 3.8) is 0 Å². The number of benzene rings is 2. The Kier molecular flexibility index (Phi) is 6.87. The van der Waals surface area contributed by atoms with Crippen molar-refractivity contribution in [1.82, 2.24) is 4.90 Å². The van der Waals surface area contributed by atoms with Gasteiger partial charge in [0.25, 0.3) is 5.91 Å². The molecular formula is C21H21BrN2O4S. The molecule has 0 aliphatic carbocycles. The predicted octanol–water partition coefficient (Wildman–Crippen LogP) is 5.10. The van der Waals surface area contributed by atoms with E-state index in [1.54, 1.807) is 32.3 Å². The minimum Gasteiger partial charge on any atom is -0.497 e. The number of carbonyl (C=O) groups is 1. The molecule has 8 heteroatoms. The number of thioether (sulfide) groups is 1. The lowest BCUT2D eigenvalue weighted by atomic mass is 10.1. The van der Waals surface area contributed by atoms with Gasteiger partial charge in [-0.05, 0) is 71.0 Å². The van der Waals surface area contributed by atoms with E-state index in [2.05, 4.69) is 20.9 Å². The summed E-state index contributed by atoms with van der Waals surface area (Å²) in [5.41, 5.74) is 1.53. The molecule has 0 unspecified atom stereocenters. The number of likely N-dealkylation sites (N-methyl/N-ethyl adjacent to an activating group) is 1. The molecule has 29 heavy (non-hydrogen) atoms. The highest BCUT2D eigenvalue weighted by molar-refractivity contribution is 9.10. The van der Waals surface area contributed by atoms with Gasteiger partial charge in [0.2, 0.25) is 0 Å². The zero-order chi connectivity index (χ0) is 21.0. The number of nitrogens with zero attached hydrogens (tertiary/aromatic N) is 2. The first-order valence-corrected chi connectivity index (χ1v) is 10.5. The Labute approximate surface area is 182 Å². The van der Waals surface area contributed by atoms with Gasteiger partial charge in [0.05, 0.1) is 36.4 Å². The molecule has 0 saturated carbocycles. The van der Waals surface area contributed by atoms with Crippen LogP contribution in [0, 0.1) is 0 Å². The first-order valence-electron chi connectivity index (χ1n) is 8.86. The highest BCUT2D eigenvalue weighted by Gasteiger charge is 2.32. The van der Waals surface area contributed by atoms with E-state index in [4.69, 9.17) is 14.2 Å². The number of aliphatic imine (C=N–C) groups is 1. The summed E-state index contributed by atoms with van der Waals surface area (Å²) in [4.78, 5) is 19.8. The molecule has 0 bridgehead atoms. The molecular weight excluding hydrogens is 456 g/mol. The molecule has 2 aromatic carbocycles. The van der Waals surface area contributed by atoms with Gasteiger partial charge in [-0.2, -0.15) is 0 Å². The molecule has 2 aromatic rings. The third-order valence-electron chi connectivity index (χ3n) is 4.29. The molecule has 0 aromatic heterocycles. The van der Waals surface area contributed by atoms with E-state index >= 15 is 0 Å². The number of ether oxygens (including phenoxy) is 3. The Balaban J connectivity index is 1.96. The SMILES string of the molecule is CCN1C(=O)/C(=C\c2cc(Br)c(OC)cc2OC)SC1=Nc1ccc(OC)cc1. The van der Waals surface area contributed by atoms with E-state index in [1.165, 1.54) is 11.8 Å². The molecule has 1 aliphatic heterocycles. The fourth-order valence-corrected chi connectivity index (χ4v) is 4.35. The van der Waals surface area contributed by atoms with Crippen LogP contribution in [-0.2, 0) is 4.79 Å². The van der Waals surface area contributed by atoms with E-state index in [-0.39, 0.29) is 5.91 Å². The highest BCUT2D eigenvalue weighted by atomic mass is 79.9. The molecule has 1 heterocycles. The van der Waals surface area contributed by atoms with Gasteiger partial charge in [0, 0.05) is 18.2 Å². The zero-order valence-corrected chi connectivity index (χ0v) is 19.0. The van der Waals surface area contributed by atoms with Crippen LogP contribution in [-0.4, -0.2) is 43.8 Å². The van der Waals surface area contributed by atoms with Crippen molar-refractivity contribution in [2.24, 2.45) is 4.99 Å². The number of halogens is 1. The minimum atomic E-state index is -0.0845. The van der Waals surface area contributed by atoms with Crippen LogP contribution in [0.1, 0.15) is 12.5 Å². The van der Waals surface area contributed by atoms with E-state index in [0.717, 1.165) is 21.5 Å².